The molecule has 0 bridgehead atoms. The molecular weight excluding hydrogens is 219 g/mol. The Balaban J connectivity index is 3.38. The Labute approximate surface area is 88.4 Å². The summed E-state index contributed by atoms with van der Waals surface area (Å²) in [5, 5.41) is 0. The van der Waals surface area contributed by atoms with Crippen LogP contribution < -0.4 is 0 Å². The summed E-state index contributed by atoms with van der Waals surface area (Å²) < 4.78 is 30.4. The van der Waals surface area contributed by atoms with Crippen LogP contribution >= 0.6 is 0 Å². The van der Waals surface area contributed by atoms with Crippen molar-refractivity contribution in [1.29, 1.82) is 0 Å². The Kier molecular flexibility index (Phi) is 3.45. The molecule has 6 heteroatoms. The zero-order valence-corrected chi connectivity index (χ0v) is 9.44. The van der Waals surface area contributed by atoms with Crippen LogP contribution in [0.15, 0.2) is 29.2 Å². The fourth-order valence-electron chi connectivity index (χ4n) is 1.05. The first kappa shape index (κ1) is 11.4. The van der Waals surface area contributed by atoms with Gasteiger partial charge in [-0.1, -0.05) is 18.2 Å². The molecule has 1 radical (unpaired) electrons. The van der Waals surface area contributed by atoms with Gasteiger partial charge in [-0.3, -0.25) is 4.55 Å². The first-order valence-corrected chi connectivity index (χ1v) is 7.04. The van der Waals surface area contributed by atoms with Crippen LogP contribution in [0.1, 0.15) is 10.4 Å². The van der Waals surface area contributed by atoms with Gasteiger partial charge in [0.15, 0.2) is 0 Å². The van der Waals surface area contributed by atoms with Gasteiger partial charge < -0.3 is 4.79 Å². The highest BCUT2D eigenvalue weighted by atomic mass is 32.2. The van der Waals surface area contributed by atoms with Crippen LogP contribution in [0, 0.1) is 0 Å². The molecule has 1 aromatic rings. The van der Waals surface area contributed by atoms with Crippen LogP contribution in [-0.4, -0.2) is 32.8 Å². The van der Waals surface area contributed by atoms with Crippen molar-refractivity contribution in [3.8, 4) is 0 Å². The summed E-state index contributed by atoms with van der Waals surface area (Å²) in [5.41, 5.74) is 0.0764. The Morgan fingerprint density at radius 2 is 1.93 bits per heavy atom. The van der Waals surface area contributed by atoms with Crippen molar-refractivity contribution in [1.82, 2.24) is 0 Å². The minimum atomic E-state index is -4.30. The SMILES string of the molecule is [CH3][Al][C](=O)c1ccccc1S(=O)(=O)O. The monoisotopic (exact) mass is 227 g/mol. The van der Waals surface area contributed by atoms with Crippen molar-refractivity contribution >= 4 is 30.0 Å². The Hall–Kier alpha value is -0.668. The standard InChI is InChI=1S/C7H5O4S.CH3.Al/c8-5-6-3-1-2-4-7(6)12(9,10)11;;/h1-4H,(H,9,10,11);1H3;. The highest BCUT2D eigenvalue weighted by Crippen LogP contribution is 2.14. The summed E-state index contributed by atoms with van der Waals surface area (Å²) in [6, 6.07) is 5.65. The lowest BCUT2D eigenvalue weighted by Crippen LogP contribution is -2.11. The van der Waals surface area contributed by atoms with E-state index in [9.17, 15) is 13.2 Å². The quantitative estimate of drug-likeness (QED) is 0.613. The number of rotatable bonds is 3. The number of carbonyl (C=O) groups excluding carboxylic acids is 1. The molecule has 0 saturated heterocycles. The third-order valence-electron chi connectivity index (χ3n) is 1.69. The van der Waals surface area contributed by atoms with Crippen LogP contribution in [0.25, 0.3) is 0 Å². The minimum absolute atomic E-state index is 0.0764. The largest absolute Gasteiger partial charge is 0.318 e. The second-order valence-electron chi connectivity index (χ2n) is 2.62. The summed E-state index contributed by atoms with van der Waals surface area (Å²) in [6.45, 7) is 0. The van der Waals surface area contributed by atoms with Crippen molar-refractivity contribution in [3.05, 3.63) is 29.8 Å². The van der Waals surface area contributed by atoms with Gasteiger partial charge in [-0.05, 0) is 6.07 Å². The zero-order chi connectivity index (χ0) is 10.8. The van der Waals surface area contributed by atoms with E-state index in [0.29, 0.717) is 0 Å². The molecule has 0 unspecified atom stereocenters. The minimum Gasteiger partial charge on any atom is -0.317 e. The maximum Gasteiger partial charge on any atom is 0.318 e. The third kappa shape index (κ3) is 2.43. The second-order valence-corrected chi connectivity index (χ2v) is 5.12. The molecule has 4 nitrogen and oxygen atoms in total. The van der Waals surface area contributed by atoms with E-state index in [1.807, 2.05) is 0 Å². The molecule has 0 spiro atoms. The zero-order valence-electron chi connectivity index (χ0n) is 7.47. The van der Waals surface area contributed by atoms with E-state index < -0.39 is 25.3 Å². The maximum atomic E-state index is 11.3. The van der Waals surface area contributed by atoms with E-state index in [0.717, 1.165) is 0 Å². The van der Waals surface area contributed by atoms with E-state index in [4.69, 9.17) is 4.55 Å². The molecule has 1 N–H and O–H groups in total. The van der Waals surface area contributed by atoms with Gasteiger partial charge in [0.1, 0.15) is 4.90 Å². The van der Waals surface area contributed by atoms with Crippen LogP contribution in [0.2, 0.25) is 5.79 Å². The first-order chi connectivity index (χ1) is 6.46. The topological polar surface area (TPSA) is 71.4 Å². The molecule has 0 aliphatic carbocycles. The van der Waals surface area contributed by atoms with Crippen LogP contribution in [-0.2, 0) is 10.1 Å². The lowest BCUT2D eigenvalue weighted by atomic mass is 10.2. The highest BCUT2D eigenvalue weighted by Gasteiger charge is 2.17. The molecule has 0 fully saturated rings. The highest BCUT2D eigenvalue weighted by molar-refractivity contribution is 7.86. The maximum absolute atomic E-state index is 11.3. The first-order valence-electron chi connectivity index (χ1n) is 3.87. The summed E-state index contributed by atoms with van der Waals surface area (Å²) >= 11 is -0.492. The third-order valence-corrected chi connectivity index (χ3v) is 3.44. The van der Waals surface area contributed by atoms with E-state index in [1.54, 1.807) is 11.9 Å². The van der Waals surface area contributed by atoms with E-state index in [1.165, 1.54) is 18.2 Å². The summed E-state index contributed by atoms with van der Waals surface area (Å²) in [5.74, 6) is 1.71. The molecule has 0 aromatic heterocycles. The van der Waals surface area contributed by atoms with Crippen molar-refractivity contribution in [3.63, 3.8) is 0 Å². The Bertz CT molecular complexity index is 452. The van der Waals surface area contributed by atoms with Crippen molar-refractivity contribution < 1.29 is 17.8 Å². The molecule has 0 aliphatic rings. The summed E-state index contributed by atoms with van der Waals surface area (Å²) in [4.78, 5) is 11.0. The Morgan fingerprint density at radius 3 is 2.43 bits per heavy atom. The van der Waals surface area contributed by atoms with Gasteiger partial charge >= 0.3 is 15.2 Å². The number of hydrogen-bond acceptors (Lipinski definition) is 3. The molecule has 1 aromatic carbocycles. The van der Waals surface area contributed by atoms with Gasteiger partial charge in [-0.2, -0.15) is 8.42 Å². The summed E-state index contributed by atoms with van der Waals surface area (Å²) in [6.07, 6.45) is 0. The predicted molar refractivity (Wildman–Crippen MR) is 52.2 cm³/mol. The smallest absolute Gasteiger partial charge is 0.317 e. The number of benzene rings is 1. The van der Waals surface area contributed by atoms with E-state index in [2.05, 4.69) is 0 Å². The lowest BCUT2D eigenvalue weighted by Gasteiger charge is -2.03. The summed E-state index contributed by atoms with van der Waals surface area (Å²) in [7, 11) is -4.30. The van der Waals surface area contributed by atoms with Gasteiger partial charge in [-0.25, -0.2) is 0 Å². The molecule has 73 valence electrons. The van der Waals surface area contributed by atoms with Gasteiger partial charge in [0.25, 0.3) is 10.1 Å². The molecule has 0 saturated carbocycles. The molecule has 0 aliphatic heterocycles. The fourth-order valence-corrected chi connectivity index (χ4v) is 2.42. The van der Waals surface area contributed by atoms with Crippen LogP contribution in [0.3, 0.4) is 0 Å². The molecule has 0 atom stereocenters. The van der Waals surface area contributed by atoms with Crippen LogP contribution in [0.5, 0.6) is 0 Å². The average Bonchev–Trinajstić information content (AvgIpc) is 2.15. The Morgan fingerprint density at radius 1 is 1.36 bits per heavy atom. The molecule has 1 rings (SSSR count). The van der Waals surface area contributed by atoms with Gasteiger partial charge in [0, 0.05) is 5.56 Å². The van der Waals surface area contributed by atoms with Gasteiger partial charge in [0.05, 0.1) is 4.65 Å². The van der Waals surface area contributed by atoms with Crippen molar-refractivity contribution in [2.45, 2.75) is 10.7 Å². The fraction of sp³-hybridized carbons (Fsp3) is 0.125. The van der Waals surface area contributed by atoms with Gasteiger partial charge in [0.2, 0.25) is 0 Å². The normalized spacial score (nSPS) is 11.0. The van der Waals surface area contributed by atoms with Gasteiger partial charge in [-0.15, -0.1) is 5.79 Å². The molecule has 14 heavy (non-hydrogen) atoms. The second kappa shape index (κ2) is 4.24. The van der Waals surface area contributed by atoms with Crippen molar-refractivity contribution in [2.24, 2.45) is 0 Å². The molecule has 0 heterocycles. The van der Waals surface area contributed by atoms with E-state index in [-0.39, 0.29) is 15.1 Å². The lowest BCUT2D eigenvalue weighted by molar-refractivity contribution is 0.107. The van der Waals surface area contributed by atoms with Crippen molar-refractivity contribution in [2.75, 3.05) is 0 Å². The number of carbonyl (C=O) groups is 1. The van der Waals surface area contributed by atoms with Crippen LogP contribution in [0.4, 0.5) is 0 Å². The van der Waals surface area contributed by atoms with E-state index >= 15 is 0 Å². The molecule has 0 amide bonds. The average molecular weight is 227 g/mol. The molecular formula is C8H8AlO4S. The number of hydrogen-bond donors (Lipinski definition) is 1. The predicted octanol–water partition coefficient (Wildman–Crippen LogP) is 0.826.